The maximum Gasteiger partial charge on any atom is 0.0471 e. The quantitative estimate of drug-likeness (QED) is 0.567. The Morgan fingerprint density at radius 1 is 0.909 bits per heavy atom. The first-order valence-corrected chi connectivity index (χ1v) is 4.70. The molecule has 0 aromatic heterocycles. The molecule has 0 aromatic rings. The monoisotopic (exact) mass is 155 g/mol. The van der Waals surface area contributed by atoms with Gasteiger partial charge in [0, 0.05) is 13.2 Å². The number of rotatable bonds is 0. The molecule has 2 nitrogen and oxygen atoms in total. The third-order valence-electron chi connectivity index (χ3n) is 3.22. The SMILES string of the molecule is C1CC2(CCN1)CCOCC2. The van der Waals surface area contributed by atoms with Gasteiger partial charge in [0.15, 0.2) is 0 Å². The van der Waals surface area contributed by atoms with Gasteiger partial charge in [0.2, 0.25) is 0 Å². The normalized spacial score (nSPS) is 30.5. The summed E-state index contributed by atoms with van der Waals surface area (Å²) < 4.78 is 5.38. The maximum absolute atomic E-state index is 5.38. The van der Waals surface area contributed by atoms with Crippen molar-refractivity contribution in [2.24, 2.45) is 5.41 Å². The smallest absolute Gasteiger partial charge is 0.0471 e. The molecule has 0 saturated carbocycles. The second-order valence-electron chi connectivity index (χ2n) is 3.86. The van der Waals surface area contributed by atoms with Crippen LogP contribution in [0.1, 0.15) is 25.7 Å². The van der Waals surface area contributed by atoms with Gasteiger partial charge in [0.25, 0.3) is 0 Å². The van der Waals surface area contributed by atoms with Crippen LogP contribution in [0, 0.1) is 5.41 Å². The van der Waals surface area contributed by atoms with Crippen LogP contribution in [0.25, 0.3) is 0 Å². The summed E-state index contributed by atoms with van der Waals surface area (Å²) in [6, 6.07) is 0. The van der Waals surface area contributed by atoms with Crippen molar-refractivity contribution < 1.29 is 4.74 Å². The molecule has 0 aliphatic carbocycles. The summed E-state index contributed by atoms with van der Waals surface area (Å²) in [4.78, 5) is 0. The Labute approximate surface area is 68.3 Å². The van der Waals surface area contributed by atoms with Crippen LogP contribution in [0.5, 0.6) is 0 Å². The van der Waals surface area contributed by atoms with E-state index >= 15 is 0 Å². The Kier molecular flexibility index (Phi) is 2.14. The van der Waals surface area contributed by atoms with E-state index in [9.17, 15) is 0 Å². The van der Waals surface area contributed by atoms with Crippen LogP contribution < -0.4 is 5.32 Å². The van der Waals surface area contributed by atoms with Gasteiger partial charge in [-0.1, -0.05) is 0 Å². The fraction of sp³-hybridized carbons (Fsp3) is 1.00. The average molecular weight is 155 g/mol. The van der Waals surface area contributed by atoms with Crippen LogP contribution in [0.4, 0.5) is 0 Å². The van der Waals surface area contributed by atoms with Crippen molar-refractivity contribution in [3.63, 3.8) is 0 Å². The van der Waals surface area contributed by atoms with Gasteiger partial charge in [0.05, 0.1) is 0 Å². The van der Waals surface area contributed by atoms with Gasteiger partial charge in [0.1, 0.15) is 0 Å². The summed E-state index contributed by atoms with van der Waals surface area (Å²) in [5.41, 5.74) is 0.670. The second kappa shape index (κ2) is 3.11. The van der Waals surface area contributed by atoms with E-state index in [1.165, 1.54) is 38.8 Å². The van der Waals surface area contributed by atoms with Crippen molar-refractivity contribution in [2.45, 2.75) is 25.7 Å². The van der Waals surface area contributed by atoms with Gasteiger partial charge in [-0.05, 0) is 44.2 Å². The number of hydrogen-bond acceptors (Lipinski definition) is 2. The largest absolute Gasteiger partial charge is 0.381 e. The zero-order valence-electron chi connectivity index (χ0n) is 7.07. The van der Waals surface area contributed by atoms with Crippen LogP contribution in [0.15, 0.2) is 0 Å². The van der Waals surface area contributed by atoms with E-state index in [2.05, 4.69) is 5.32 Å². The summed E-state index contributed by atoms with van der Waals surface area (Å²) in [5.74, 6) is 0. The molecule has 2 aliphatic rings. The Morgan fingerprint density at radius 2 is 1.55 bits per heavy atom. The van der Waals surface area contributed by atoms with Gasteiger partial charge in [-0.2, -0.15) is 0 Å². The van der Waals surface area contributed by atoms with Gasteiger partial charge in [-0.15, -0.1) is 0 Å². The van der Waals surface area contributed by atoms with Crippen molar-refractivity contribution in [2.75, 3.05) is 26.3 Å². The fourth-order valence-corrected chi connectivity index (χ4v) is 2.26. The molecular formula is C9H17NO. The molecule has 2 rings (SSSR count). The summed E-state index contributed by atoms with van der Waals surface area (Å²) in [5, 5.41) is 3.42. The van der Waals surface area contributed by atoms with E-state index in [1.54, 1.807) is 0 Å². The third kappa shape index (κ3) is 1.57. The number of ether oxygens (including phenoxy) is 1. The lowest BCUT2D eigenvalue weighted by Crippen LogP contribution is -2.40. The second-order valence-corrected chi connectivity index (χ2v) is 3.86. The Hall–Kier alpha value is -0.0800. The van der Waals surface area contributed by atoms with Gasteiger partial charge in [-0.3, -0.25) is 0 Å². The van der Waals surface area contributed by atoms with Crippen LogP contribution in [0.3, 0.4) is 0 Å². The molecule has 11 heavy (non-hydrogen) atoms. The highest BCUT2D eigenvalue weighted by atomic mass is 16.5. The molecule has 0 aromatic carbocycles. The van der Waals surface area contributed by atoms with E-state index in [0.717, 1.165) is 13.2 Å². The molecule has 0 bridgehead atoms. The van der Waals surface area contributed by atoms with Gasteiger partial charge < -0.3 is 10.1 Å². The molecule has 0 atom stereocenters. The first-order valence-electron chi connectivity index (χ1n) is 4.70. The van der Waals surface area contributed by atoms with Crippen molar-refractivity contribution in [1.29, 1.82) is 0 Å². The molecule has 2 heterocycles. The van der Waals surface area contributed by atoms with Gasteiger partial charge >= 0.3 is 0 Å². The Balaban J connectivity index is 1.94. The summed E-state index contributed by atoms with van der Waals surface area (Å²) in [7, 11) is 0. The molecule has 0 radical (unpaired) electrons. The minimum absolute atomic E-state index is 0.670. The lowest BCUT2D eigenvalue weighted by atomic mass is 9.73. The van der Waals surface area contributed by atoms with Crippen molar-refractivity contribution in [3.05, 3.63) is 0 Å². The highest BCUT2D eigenvalue weighted by Gasteiger charge is 2.33. The molecule has 1 N–H and O–H groups in total. The van der Waals surface area contributed by atoms with Crippen molar-refractivity contribution in [3.8, 4) is 0 Å². The predicted molar refractivity (Wildman–Crippen MR) is 44.6 cm³/mol. The Bertz CT molecular complexity index is 104. The molecule has 2 saturated heterocycles. The first-order chi connectivity index (χ1) is 5.41. The standard InChI is InChI=1S/C9H17NO/c1-5-10-6-2-9(1)3-7-11-8-4-9/h10H,1-8H2. The third-order valence-corrected chi connectivity index (χ3v) is 3.22. The molecular weight excluding hydrogens is 138 g/mol. The zero-order chi connectivity index (χ0) is 7.57. The predicted octanol–water partition coefficient (Wildman–Crippen LogP) is 1.17. The highest BCUT2D eigenvalue weighted by molar-refractivity contribution is 4.86. The molecule has 64 valence electrons. The van der Waals surface area contributed by atoms with Crippen LogP contribution in [-0.2, 0) is 4.74 Å². The molecule has 2 heteroatoms. The topological polar surface area (TPSA) is 21.3 Å². The molecule has 2 fully saturated rings. The minimum Gasteiger partial charge on any atom is -0.381 e. The van der Waals surface area contributed by atoms with Crippen LogP contribution >= 0.6 is 0 Å². The molecule has 2 aliphatic heterocycles. The van der Waals surface area contributed by atoms with E-state index < -0.39 is 0 Å². The molecule has 0 unspecified atom stereocenters. The van der Waals surface area contributed by atoms with Gasteiger partial charge in [-0.25, -0.2) is 0 Å². The summed E-state index contributed by atoms with van der Waals surface area (Å²) in [6.45, 7) is 4.44. The molecule has 1 spiro atoms. The van der Waals surface area contributed by atoms with Crippen LogP contribution in [0.2, 0.25) is 0 Å². The minimum atomic E-state index is 0.670. The summed E-state index contributed by atoms with van der Waals surface area (Å²) >= 11 is 0. The van der Waals surface area contributed by atoms with E-state index in [-0.39, 0.29) is 0 Å². The first kappa shape index (κ1) is 7.56. The van der Waals surface area contributed by atoms with Crippen LogP contribution in [-0.4, -0.2) is 26.3 Å². The van der Waals surface area contributed by atoms with E-state index in [4.69, 9.17) is 4.74 Å². The van der Waals surface area contributed by atoms with Crippen molar-refractivity contribution >= 4 is 0 Å². The Morgan fingerprint density at radius 3 is 2.18 bits per heavy atom. The lowest BCUT2D eigenvalue weighted by Gasteiger charge is -2.40. The molecule has 0 amide bonds. The average Bonchev–Trinajstić information content (AvgIpc) is 2.07. The van der Waals surface area contributed by atoms with E-state index in [0.29, 0.717) is 5.41 Å². The lowest BCUT2D eigenvalue weighted by molar-refractivity contribution is -0.00102. The zero-order valence-corrected chi connectivity index (χ0v) is 7.07. The van der Waals surface area contributed by atoms with E-state index in [1.807, 2.05) is 0 Å². The number of hydrogen-bond donors (Lipinski definition) is 1. The number of piperidine rings is 1. The summed E-state index contributed by atoms with van der Waals surface area (Å²) in [6.07, 6.45) is 5.34. The highest BCUT2D eigenvalue weighted by Crippen LogP contribution is 2.38. The van der Waals surface area contributed by atoms with Crippen molar-refractivity contribution in [1.82, 2.24) is 5.32 Å². The fourth-order valence-electron chi connectivity index (χ4n) is 2.26. The number of nitrogens with one attached hydrogen (secondary N) is 1. The maximum atomic E-state index is 5.38.